The average molecular weight is 285 g/mol. The van der Waals surface area contributed by atoms with Gasteiger partial charge in [0.2, 0.25) is 0 Å². The van der Waals surface area contributed by atoms with Crippen LogP contribution in [0.25, 0.3) is 0 Å². The minimum atomic E-state index is -0.222. The van der Waals surface area contributed by atoms with Crippen molar-refractivity contribution in [1.29, 1.82) is 0 Å². The second-order valence-electron chi connectivity index (χ2n) is 5.46. The van der Waals surface area contributed by atoms with E-state index in [1.807, 2.05) is 6.07 Å². The number of hydrogen-bond acceptors (Lipinski definition) is 1. The fourth-order valence-corrected chi connectivity index (χ4v) is 1.50. The zero-order valence-electron chi connectivity index (χ0n) is 10.6. The molecule has 0 atom stereocenters. The molecule has 0 aromatic heterocycles. The summed E-state index contributed by atoms with van der Waals surface area (Å²) in [7, 11) is 0. The Bertz CT molecular complexity index is 317. The Hall–Kier alpha value is -0.340. The number of rotatable bonds is 5. The predicted molar refractivity (Wildman–Crippen MR) is 73.0 cm³/mol. The molecule has 90 valence electrons. The second-order valence-corrected chi connectivity index (χ2v) is 6.02. The highest BCUT2D eigenvalue weighted by Gasteiger charge is 2.25. The molecule has 0 aliphatic heterocycles. The Labute approximate surface area is 107 Å². The largest absolute Gasteiger partial charge is 0.370 e. The van der Waals surface area contributed by atoms with Crippen LogP contribution in [0.15, 0.2) is 30.3 Å². The third-order valence-electron chi connectivity index (χ3n) is 2.65. The molecule has 0 saturated carbocycles. The van der Waals surface area contributed by atoms with Crippen molar-refractivity contribution < 1.29 is 4.74 Å². The first-order chi connectivity index (χ1) is 7.37. The van der Waals surface area contributed by atoms with Gasteiger partial charge in [0.15, 0.2) is 0 Å². The van der Waals surface area contributed by atoms with Gasteiger partial charge >= 0.3 is 0 Å². The molecule has 16 heavy (non-hydrogen) atoms. The van der Waals surface area contributed by atoms with Crippen LogP contribution >= 0.6 is 15.9 Å². The molecule has 0 heterocycles. The van der Waals surface area contributed by atoms with Gasteiger partial charge in [-0.2, -0.15) is 0 Å². The Morgan fingerprint density at radius 1 is 1.06 bits per heavy atom. The fraction of sp³-hybridized carbons (Fsp3) is 0.571. The molecule has 0 spiro atoms. The molecule has 0 fully saturated rings. The highest BCUT2D eigenvalue weighted by Crippen LogP contribution is 2.28. The number of alkyl halides is 1. The molecule has 0 unspecified atom stereocenters. The van der Waals surface area contributed by atoms with Crippen LogP contribution in [0.2, 0.25) is 0 Å². The van der Waals surface area contributed by atoms with E-state index in [9.17, 15) is 0 Å². The van der Waals surface area contributed by atoms with E-state index >= 15 is 0 Å². The van der Waals surface area contributed by atoms with Crippen LogP contribution < -0.4 is 0 Å². The van der Waals surface area contributed by atoms with Gasteiger partial charge in [-0.15, -0.1) is 0 Å². The molecule has 1 nitrogen and oxygen atoms in total. The van der Waals surface area contributed by atoms with Gasteiger partial charge in [-0.1, -0.05) is 60.1 Å². The molecule has 0 bridgehead atoms. The van der Waals surface area contributed by atoms with Crippen LogP contribution in [0.1, 0.15) is 33.3 Å². The third kappa shape index (κ3) is 3.91. The van der Waals surface area contributed by atoms with E-state index in [1.165, 1.54) is 5.56 Å². The van der Waals surface area contributed by atoms with Crippen molar-refractivity contribution in [2.75, 3.05) is 11.9 Å². The third-order valence-corrected chi connectivity index (χ3v) is 4.17. The van der Waals surface area contributed by atoms with Crippen molar-refractivity contribution in [3.8, 4) is 0 Å². The van der Waals surface area contributed by atoms with Crippen molar-refractivity contribution in [3.05, 3.63) is 35.9 Å². The van der Waals surface area contributed by atoms with Gasteiger partial charge in [-0.05, 0) is 24.8 Å². The molecule has 2 heteroatoms. The monoisotopic (exact) mass is 284 g/mol. The second kappa shape index (κ2) is 5.33. The first-order valence-electron chi connectivity index (χ1n) is 5.63. The van der Waals surface area contributed by atoms with Gasteiger partial charge in [-0.25, -0.2) is 0 Å². The smallest absolute Gasteiger partial charge is 0.0875 e. The van der Waals surface area contributed by atoms with E-state index in [0.29, 0.717) is 0 Å². The van der Waals surface area contributed by atoms with Crippen molar-refractivity contribution in [2.45, 2.75) is 33.3 Å². The van der Waals surface area contributed by atoms with Crippen LogP contribution in [0.4, 0.5) is 0 Å². The first-order valence-corrected chi connectivity index (χ1v) is 6.75. The molecular formula is C14H21BrO. The van der Waals surface area contributed by atoms with Crippen LogP contribution in [0.3, 0.4) is 0 Å². The molecule has 1 aromatic rings. The SMILES string of the molecule is CC(C)(CBr)COC(C)(C)c1ccccc1. The summed E-state index contributed by atoms with van der Waals surface area (Å²) in [6.07, 6.45) is 0. The van der Waals surface area contributed by atoms with E-state index in [0.717, 1.165) is 11.9 Å². The summed E-state index contributed by atoms with van der Waals surface area (Å²) in [4.78, 5) is 0. The summed E-state index contributed by atoms with van der Waals surface area (Å²) in [5, 5.41) is 0.949. The Morgan fingerprint density at radius 2 is 1.62 bits per heavy atom. The first kappa shape index (κ1) is 13.7. The zero-order valence-corrected chi connectivity index (χ0v) is 12.2. The van der Waals surface area contributed by atoms with Crippen LogP contribution in [0.5, 0.6) is 0 Å². The standard InChI is InChI=1S/C14H21BrO/c1-13(2,10-15)11-16-14(3,4)12-8-6-5-7-9-12/h5-9H,10-11H2,1-4H3. The van der Waals surface area contributed by atoms with E-state index in [2.05, 4.69) is 67.9 Å². The van der Waals surface area contributed by atoms with E-state index < -0.39 is 0 Å². The molecular weight excluding hydrogens is 264 g/mol. The molecule has 1 aromatic carbocycles. The summed E-state index contributed by atoms with van der Waals surface area (Å²) in [5.41, 5.74) is 1.17. The maximum Gasteiger partial charge on any atom is 0.0875 e. The number of benzene rings is 1. The lowest BCUT2D eigenvalue weighted by Gasteiger charge is -2.31. The maximum atomic E-state index is 6.04. The molecule has 1 rings (SSSR count). The van der Waals surface area contributed by atoms with Crippen molar-refractivity contribution in [1.82, 2.24) is 0 Å². The van der Waals surface area contributed by atoms with E-state index in [4.69, 9.17) is 4.74 Å². The van der Waals surface area contributed by atoms with Crippen LogP contribution in [-0.2, 0) is 10.3 Å². The number of ether oxygens (including phenoxy) is 1. The molecule has 0 N–H and O–H groups in total. The number of hydrogen-bond donors (Lipinski definition) is 0. The number of halogens is 1. The van der Waals surface area contributed by atoms with Gasteiger partial charge in [0.05, 0.1) is 12.2 Å². The highest BCUT2D eigenvalue weighted by atomic mass is 79.9. The molecule has 0 aliphatic carbocycles. The van der Waals surface area contributed by atoms with Crippen molar-refractivity contribution >= 4 is 15.9 Å². The van der Waals surface area contributed by atoms with Gasteiger partial charge < -0.3 is 4.74 Å². The lowest BCUT2D eigenvalue weighted by Crippen LogP contribution is -2.29. The van der Waals surface area contributed by atoms with Crippen LogP contribution in [-0.4, -0.2) is 11.9 Å². The minimum absolute atomic E-state index is 0.173. The molecule has 0 saturated heterocycles. The Balaban J connectivity index is 2.66. The zero-order chi connectivity index (χ0) is 12.2. The summed E-state index contributed by atoms with van der Waals surface area (Å²) < 4.78 is 6.04. The van der Waals surface area contributed by atoms with Crippen molar-refractivity contribution in [2.24, 2.45) is 5.41 Å². The molecule has 0 radical (unpaired) electrons. The molecule has 0 aliphatic rings. The van der Waals surface area contributed by atoms with Gasteiger partial charge in [-0.3, -0.25) is 0 Å². The Kier molecular flexibility index (Phi) is 4.57. The highest BCUT2D eigenvalue weighted by molar-refractivity contribution is 9.09. The average Bonchev–Trinajstić information content (AvgIpc) is 2.28. The van der Waals surface area contributed by atoms with E-state index in [1.54, 1.807) is 0 Å². The lowest BCUT2D eigenvalue weighted by atomic mass is 9.95. The lowest BCUT2D eigenvalue weighted by molar-refractivity contribution is -0.0533. The minimum Gasteiger partial charge on any atom is -0.370 e. The van der Waals surface area contributed by atoms with Gasteiger partial charge in [0, 0.05) is 5.33 Å². The topological polar surface area (TPSA) is 9.23 Å². The Morgan fingerprint density at radius 3 is 2.12 bits per heavy atom. The summed E-state index contributed by atoms with van der Waals surface area (Å²) >= 11 is 3.51. The van der Waals surface area contributed by atoms with Gasteiger partial charge in [0.1, 0.15) is 0 Å². The summed E-state index contributed by atoms with van der Waals surface area (Å²) in [5.74, 6) is 0. The summed E-state index contributed by atoms with van der Waals surface area (Å²) in [6.45, 7) is 9.38. The quantitative estimate of drug-likeness (QED) is 0.730. The van der Waals surface area contributed by atoms with E-state index in [-0.39, 0.29) is 11.0 Å². The normalized spacial score (nSPS) is 12.8. The van der Waals surface area contributed by atoms with Crippen molar-refractivity contribution in [3.63, 3.8) is 0 Å². The molecule has 0 amide bonds. The predicted octanol–water partition coefficient (Wildman–Crippen LogP) is 4.36. The maximum absolute atomic E-state index is 6.04. The summed E-state index contributed by atoms with van der Waals surface area (Å²) in [6, 6.07) is 10.4. The van der Waals surface area contributed by atoms with Crippen LogP contribution in [0, 0.1) is 5.41 Å². The fourth-order valence-electron chi connectivity index (χ4n) is 1.34. The van der Waals surface area contributed by atoms with Gasteiger partial charge in [0.25, 0.3) is 0 Å².